The zero-order valence-corrected chi connectivity index (χ0v) is 13.9. The first-order valence-electron chi connectivity index (χ1n) is 7.04. The quantitative estimate of drug-likeness (QED) is 0.784. The van der Waals surface area contributed by atoms with Gasteiger partial charge in [0.1, 0.15) is 5.92 Å². The highest BCUT2D eigenvalue weighted by Gasteiger charge is 2.33. The molecule has 1 aromatic rings. The van der Waals surface area contributed by atoms with E-state index in [4.69, 9.17) is 4.74 Å². The highest BCUT2D eigenvalue weighted by molar-refractivity contribution is 7.98. The maximum atomic E-state index is 11.9. The molecule has 0 radical (unpaired) electrons. The van der Waals surface area contributed by atoms with Gasteiger partial charge in [0.05, 0.1) is 12.3 Å². The molecule has 112 valence electrons. The standard InChI is InChI=1S/C14H22N2O2S2/c1-4-18-13(17)10-5-6-11-12(10)16-14(20-11)15-7-9(2)8-19-3/h9-10H,4-8H2,1-3H3,(H,15,16). The maximum Gasteiger partial charge on any atom is 0.315 e. The predicted octanol–water partition coefficient (Wildman–Crippen LogP) is 3.15. The third-order valence-electron chi connectivity index (χ3n) is 3.34. The minimum Gasteiger partial charge on any atom is -0.465 e. The highest BCUT2D eigenvalue weighted by atomic mass is 32.2. The lowest BCUT2D eigenvalue weighted by atomic mass is 10.1. The van der Waals surface area contributed by atoms with Gasteiger partial charge in [0, 0.05) is 11.4 Å². The molecule has 1 aliphatic carbocycles. The van der Waals surface area contributed by atoms with Gasteiger partial charge >= 0.3 is 5.97 Å². The second kappa shape index (κ2) is 7.31. The molecule has 0 fully saturated rings. The molecule has 2 unspecified atom stereocenters. The Hall–Kier alpha value is -0.750. The number of thiazole rings is 1. The minimum atomic E-state index is -0.152. The van der Waals surface area contributed by atoms with Gasteiger partial charge in [-0.25, -0.2) is 4.98 Å². The Kier molecular flexibility index (Phi) is 5.72. The Morgan fingerprint density at radius 1 is 1.65 bits per heavy atom. The number of thioether (sulfide) groups is 1. The number of nitrogens with zero attached hydrogens (tertiary/aromatic N) is 1. The third-order valence-corrected chi connectivity index (χ3v) is 5.33. The molecule has 0 aromatic carbocycles. The number of rotatable bonds is 7. The molecule has 4 nitrogen and oxygen atoms in total. The zero-order valence-electron chi connectivity index (χ0n) is 12.3. The van der Waals surface area contributed by atoms with E-state index in [0.29, 0.717) is 12.5 Å². The number of anilines is 1. The average Bonchev–Trinajstić information content (AvgIpc) is 2.96. The molecule has 1 aliphatic rings. The first-order chi connectivity index (χ1) is 9.65. The van der Waals surface area contributed by atoms with E-state index in [-0.39, 0.29) is 11.9 Å². The van der Waals surface area contributed by atoms with Crippen LogP contribution in [0.15, 0.2) is 0 Å². The summed E-state index contributed by atoms with van der Waals surface area (Å²) >= 11 is 3.54. The molecular formula is C14H22N2O2S2. The number of carbonyl (C=O) groups excluding carboxylic acids is 1. The van der Waals surface area contributed by atoms with E-state index in [2.05, 4.69) is 23.5 Å². The van der Waals surface area contributed by atoms with Crippen LogP contribution in [0.5, 0.6) is 0 Å². The van der Waals surface area contributed by atoms with Gasteiger partial charge in [0.2, 0.25) is 0 Å². The summed E-state index contributed by atoms with van der Waals surface area (Å²) in [4.78, 5) is 17.7. The molecule has 0 spiro atoms. The fourth-order valence-electron chi connectivity index (χ4n) is 2.38. The van der Waals surface area contributed by atoms with Crippen LogP contribution in [0, 0.1) is 5.92 Å². The summed E-state index contributed by atoms with van der Waals surface area (Å²) in [7, 11) is 0. The van der Waals surface area contributed by atoms with Crippen LogP contribution in [0.2, 0.25) is 0 Å². The minimum absolute atomic E-state index is 0.126. The number of carbonyl (C=O) groups is 1. The van der Waals surface area contributed by atoms with Crippen molar-refractivity contribution in [3.05, 3.63) is 10.6 Å². The Morgan fingerprint density at radius 3 is 3.15 bits per heavy atom. The molecule has 0 saturated heterocycles. The maximum absolute atomic E-state index is 11.9. The summed E-state index contributed by atoms with van der Waals surface area (Å²) in [6.45, 7) is 5.44. The van der Waals surface area contributed by atoms with Gasteiger partial charge in [-0.1, -0.05) is 6.92 Å². The van der Waals surface area contributed by atoms with E-state index >= 15 is 0 Å². The molecule has 2 rings (SSSR count). The summed E-state index contributed by atoms with van der Waals surface area (Å²) < 4.78 is 5.12. The van der Waals surface area contributed by atoms with E-state index < -0.39 is 0 Å². The topological polar surface area (TPSA) is 51.2 Å². The number of aromatic nitrogens is 1. The van der Waals surface area contributed by atoms with Gasteiger partial charge in [-0.15, -0.1) is 11.3 Å². The van der Waals surface area contributed by atoms with Crippen molar-refractivity contribution in [2.75, 3.05) is 30.5 Å². The second-order valence-electron chi connectivity index (χ2n) is 5.11. The van der Waals surface area contributed by atoms with E-state index in [0.717, 1.165) is 36.0 Å². The van der Waals surface area contributed by atoms with Crippen molar-refractivity contribution in [1.82, 2.24) is 4.98 Å². The normalized spacial score (nSPS) is 18.6. The molecule has 1 heterocycles. The number of nitrogens with one attached hydrogen (secondary N) is 1. The van der Waals surface area contributed by atoms with Gasteiger partial charge in [-0.05, 0) is 37.7 Å². The van der Waals surface area contributed by atoms with Gasteiger partial charge in [0.15, 0.2) is 5.13 Å². The van der Waals surface area contributed by atoms with E-state index in [1.165, 1.54) is 4.88 Å². The van der Waals surface area contributed by atoms with Crippen LogP contribution in [0.3, 0.4) is 0 Å². The van der Waals surface area contributed by atoms with Crippen molar-refractivity contribution in [3.63, 3.8) is 0 Å². The molecule has 0 saturated carbocycles. The molecule has 0 bridgehead atoms. The SMILES string of the molecule is CCOC(=O)C1CCc2sc(NCC(C)CSC)nc21. The van der Waals surface area contributed by atoms with Crippen molar-refractivity contribution in [2.24, 2.45) is 5.92 Å². The van der Waals surface area contributed by atoms with Crippen LogP contribution in [-0.2, 0) is 16.0 Å². The molecule has 1 N–H and O–H groups in total. The first-order valence-corrected chi connectivity index (χ1v) is 9.25. The number of hydrogen-bond donors (Lipinski definition) is 1. The largest absolute Gasteiger partial charge is 0.465 e. The van der Waals surface area contributed by atoms with Crippen LogP contribution in [0.25, 0.3) is 0 Å². The summed E-state index contributed by atoms with van der Waals surface area (Å²) in [5.41, 5.74) is 0.938. The van der Waals surface area contributed by atoms with Crippen molar-refractivity contribution in [3.8, 4) is 0 Å². The van der Waals surface area contributed by atoms with Crippen molar-refractivity contribution in [1.29, 1.82) is 0 Å². The Labute approximate surface area is 128 Å². The molecular weight excluding hydrogens is 292 g/mol. The summed E-state index contributed by atoms with van der Waals surface area (Å²) in [5.74, 6) is 1.48. The van der Waals surface area contributed by atoms with Crippen molar-refractivity contribution >= 4 is 34.2 Å². The number of fused-ring (bicyclic) bond motifs is 1. The van der Waals surface area contributed by atoms with Crippen LogP contribution in [0.1, 0.15) is 36.8 Å². The summed E-state index contributed by atoms with van der Waals surface area (Å²) in [6.07, 6.45) is 3.91. The zero-order chi connectivity index (χ0) is 14.5. The summed E-state index contributed by atoms with van der Waals surface area (Å²) in [5, 5.41) is 4.33. The van der Waals surface area contributed by atoms with Gasteiger partial charge < -0.3 is 10.1 Å². The second-order valence-corrected chi connectivity index (χ2v) is 7.11. The Morgan fingerprint density at radius 2 is 2.45 bits per heavy atom. The smallest absolute Gasteiger partial charge is 0.315 e. The van der Waals surface area contributed by atoms with E-state index in [1.807, 2.05) is 18.7 Å². The Balaban J connectivity index is 1.96. The average molecular weight is 314 g/mol. The number of ether oxygens (including phenoxy) is 1. The molecule has 6 heteroatoms. The van der Waals surface area contributed by atoms with E-state index in [9.17, 15) is 4.79 Å². The Bertz CT molecular complexity index is 462. The van der Waals surface area contributed by atoms with Crippen molar-refractivity contribution < 1.29 is 9.53 Å². The monoisotopic (exact) mass is 314 g/mol. The molecule has 20 heavy (non-hydrogen) atoms. The van der Waals surface area contributed by atoms with Gasteiger partial charge in [-0.2, -0.15) is 11.8 Å². The first kappa shape index (κ1) is 15.6. The summed E-state index contributed by atoms with van der Waals surface area (Å²) in [6, 6.07) is 0. The third kappa shape index (κ3) is 3.67. The van der Waals surface area contributed by atoms with Crippen LogP contribution >= 0.6 is 23.1 Å². The lowest BCUT2D eigenvalue weighted by molar-refractivity contribution is -0.145. The van der Waals surface area contributed by atoms with E-state index in [1.54, 1.807) is 11.3 Å². The molecule has 2 atom stereocenters. The lowest BCUT2D eigenvalue weighted by Crippen LogP contribution is -2.15. The van der Waals surface area contributed by atoms with Crippen LogP contribution in [0.4, 0.5) is 5.13 Å². The van der Waals surface area contributed by atoms with Crippen LogP contribution < -0.4 is 5.32 Å². The fraction of sp³-hybridized carbons (Fsp3) is 0.714. The fourth-order valence-corrected chi connectivity index (χ4v) is 4.11. The van der Waals surface area contributed by atoms with Crippen molar-refractivity contribution in [2.45, 2.75) is 32.6 Å². The van der Waals surface area contributed by atoms with Gasteiger partial charge in [0.25, 0.3) is 0 Å². The number of hydrogen-bond acceptors (Lipinski definition) is 6. The predicted molar refractivity (Wildman–Crippen MR) is 85.8 cm³/mol. The lowest BCUT2D eigenvalue weighted by Gasteiger charge is -2.10. The van der Waals surface area contributed by atoms with Crippen LogP contribution in [-0.4, -0.2) is 36.1 Å². The number of esters is 1. The van der Waals surface area contributed by atoms with Gasteiger partial charge in [-0.3, -0.25) is 4.79 Å². The molecule has 1 aromatic heterocycles. The number of aryl methyl sites for hydroxylation is 1. The molecule has 0 amide bonds. The highest BCUT2D eigenvalue weighted by Crippen LogP contribution is 2.38. The molecule has 0 aliphatic heterocycles.